The summed E-state index contributed by atoms with van der Waals surface area (Å²) in [5.41, 5.74) is 0. The van der Waals surface area contributed by atoms with Crippen LogP contribution in [-0.2, 0) is 32.6 Å². The summed E-state index contributed by atoms with van der Waals surface area (Å²) in [5, 5.41) is 6.00. The van der Waals surface area contributed by atoms with E-state index in [1.165, 1.54) is 14.2 Å². The van der Waals surface area contributed by atoms with E-state index >= 15 is 0 Å². The molecular weight excluding hydrogens is 373 g/mol. The van der Waals surface area contributed by atoms with Crippen LogP contribution in [0.25, 0.3) is 0 Å². The minimum atomic E-state index is -3.67. The zero-order chi connectivity index (χ0) is 20.2. The van der Waals surface area contributed by atoms with Gasteiger partial charge in [-0.25, -0.2) is 9.65 Å². The van der Waals surface area contributed by atoms with E-state index in [0.29, 0.717) is 6.42 Å². The summed E-state index contributed by atoms with van der Waals surface area (Å²) < 4.78 is 46.0. The third-order valence-electron chi connectivity index (χ3n) is 5.06. The van der Waals surface area contributed by atoms with E-state index in [9.17, 15) is 4.57 Å². The highest BCUT2D eigenvalue weighted by molar-refractivity contribution is 7.51. The Morgan fingerprint density at radius 2 is 1.56 bits per heavy atom. The molecule has 0 spiro atoms. The van der Waals surface area contributed by atoms with Crippen LogP contribution in [0.3, 0.4) is 0 Å². The van der Waals surface area contributed by atoms with Gasteiger partial charge in [0.05, 0.1) is 43.1 Å². The average Bonchev–Trinajstić information content (AvgIpc) is 3.14. The van der Waals surface area contributed by atoms with Gasteiger partial charge in [-0.1, -0.05) is 6.92 Å². The summed E-state index contributed by atoms with van der Waals surface area (Å²) in [7, 11) is 14.4. The van der Waals surface area contributed by atoms with Crippen LogP contribution in [0.2, 0.25) is 0 Å². The average molecular weight is 402 g/mol. The van der Waals surface area contributed by atoms with E-state index < -0.39 is 38.0 Å². The Bertz CT molecular complexity index is 521. The lowest BCUT2D eigenvalue weighted by Crippen LogP contribution is -2.46. The van der Waals surface area contributed by atoms with Crippen molar-refractivity contribution in [2.45, 2.75) is 61.9 Å². The quantitative estimate of drug-likeness (QED) is 0.372. The Labute approximate surface area is 163 Å². The summed E-state index contributed by atoms with van der Waals surface area (Å²) in [4.78, 5) is 0. The molecule has 2 N–H and O–H groups in total. The second kappa shape index (κ2) is 10.2. The highest BCUT2D eigenvalue weighted by Crippen LogP contribution is 2.46. The number of ether oxygens (including phenoxy) is 4. The van der Waals surface area contributed by atoms with Gasteiger partial charge in [0.2, 0.25) is 0 Å². The van der Waals surface area contributed by atoms with Gasteiger partial charge in [0, 0.05) is 33.3 Å². The van der Waals surface area contributed by atoms with E-state index in [4.69, 9.17) is 43.7 Å². The second-order valence-corrected chi connectivity index (χ2v) is 8.41. The van der Waals surface area contributed by atoms with Gasteiger partial charge in [0.1, 0.15) is 15.7 Å². The zero-order valence-electron chi connectivity index (χ0n) is 16.5. The summed E-state index contributed by atoms with van der Waals surface area (Å²) in [6.07, 6.45) is -0.908. The number of hydrogen-bond acceptors (Lipinski definition) is 8. The van der Waals surface area contributed by atoms with Crippen LogP contribution in [0.4, 0.5) is 0 Å². The van der Waals surface area contributed by atoms with Crippen LogP contribution in [0.5, 0.6) is 0 Å². The predicted octanol–water partition coefficient (Wildman–Crippen LogP) is -0.469. The number of methoxy groups -OCH3 is 2. The maximum Gasteiger partial charge on any atom is 0.405 e. The maximum absolute atomic E-state index is 13.1. The summed E-state index contributed by atoms with van der Waals surface area (Å²) in [6, 6.07) is -1.90. The Morgan fingerprint density at radius 3 is 2.04 bits per heavy atom. The molecule has 0 amide bonds. The first-order chi connectivity index (χ1) is 12.8. The fraction of sp³-hybridized carbons (Fsp3) is 1.00. The van der Waals surface area contributed by atoms with Crippen molar-refractivity contribution in [2.75, 3.05) is 35.0 Å². The first kappa shape index (κ1) is 23.3. The smallest absolute Gasteiger partial charge is 0.380 e. The van der Waals surface area contributed by atoms with Crippen molar-refractivity contribution in [2.24, 2.45) is 0 Å². The van der Waals surface area contributed by atoms with Gasteiger partial charge in [0.25, 0.3) is 0 Å². The molecule has 2 rings (SSSR count). The van der Waals surface area contributed by atoms with Gasteiger partial charge >= 0.3 is 7.75 Å². The van der Waals surface area contributed by atoms with Gasteiger partial charge < -0.3 is 28.8 Å². The van der Waals surface area contributed by atoms with Crippen molar-refractivity contribution in [3.05, 3.63) is 0 Å². The van der Waals surface area contributed by atoms with E-state index in [2.05, 4.69) is 10.4 Å². The van der Waals surface area contributed by atoms with Crippen LogP contribution < -0.4 is 10.4 Å². The molecule has 0 saturated carbocycles. The summed E-state index contributed by atoms with van der Waals surface area (Å²) >= 11 is 0. The van der Waals surface area contributed by atoms with Gasteiger partial charge in [-0.05, 0) is 13.5 Å². The van der Waals surface area contributed by atoms with Crippen molar-refractivity contribution < 1.29 is 32.6 Å². The molecule has 2 fully saturated rings. The fourth-order valence-corrected chi connectivity index (χ4v) is 4.92. The van der Waals surface area contributed by atoms with Gasteiger partial charge in [-0.2, -0.15) is 0 Å². The van der Waals surface area contributed by atoms with E-state index in [1.807, 2.05) is 6.92 Å². The molecule has 0 aromatic carbocycles. The third kappa shape index (κ3) is 5.15. The standard InChI is InChI=1S/C15H29B2N2O7P/c1-6-8-11(13(22-4)15(17)25-8)19-27(20,23-5)24-7-9-10(18-2)12(21-3)14(16)26-9/h8-15,18H,6-7H2,1-5H3,(H,19,20). The molecule has 9 unspecified atom stereocenters. The summed E-state index contributed by atoms with van der Waals surface area (Å²) in [5.74, 6) is 0. The molecule has 27 heavy (non-hydrogen) atoms. The van der Waals surface area contributed by atoms with Crippen molar-refractivity contribution in [1.29, 1.82) is 0 Å². The molecule has 2 heterocycles. The number of likely N-dealkylation sites (N-methyl/N-ethyl adjacent to an activating group) is 1. The number of rotatable bonds is 10. The Morgan fingerprint density at radius 1 is 1.00 bits per heavy atom. The lowest BCUT2D eigenvalue weighted by Gasteiger charge is -2.28. The van der Waals surface area contributed by atoms with Crippen LogP contribution in [0.15, 0.2) is 0 Å². The fourth-order valence-electron chi connectivity index (χ4n) is 3.62. The predicted molar refractivity (Wildman–Crippen MR) is 101 cm³/mol. The first-order valence-electron chi connectivity index (χ1n) is 8.97. The second-order valence-electron chi connectivity index (χ2n) is 6.53. The molecule has 0 aromatic rings. The molecule has 0 aromatic heterocycles. The molecule has 2 saturated heterocycles. The lowest BCUT2D eigenvalue weighted by atomic mass is 9.92. The SMILES string of the molecule is [B]C1OC(COP(=O)(NC2C(CC)OC([B])C2OC)OC)C(NC)C1OC. The minimum absolute atomic E-state index is 0.00867. The molecule has 9 nitrogen and oxygen atoms in total. The molecule has 12 heteroatoms. The minimum Gasteiger partial charge on any atom is -0.380 e. The van der Waals surface area contributed by atoms with E-state index in [1.54, 1.807) is 14.2 Å². The zero-order valence-corrected chi connectivity index (χ0v) is 17.4. The molecule has 0 bridgehead atoms. The van der Waals surface area contributed by atoms with Crippen LogP contribution in [-0.4, -0.2) is 99.2 Å². The first-order valence-corrected chi connectivity index (χ1v) is 10.5. The Kier molecular flexibility index (Phi) is 8.80. The molecular formula is C15H29B2N2O7P. The van der Waals surface area contributed by atoms with Crippen molar-refractivity contribution >= 4 is 23.4 Å². The third-order valence-corrected chi connectivity index (χ3v) is 6.64. The number of nitrogens with one attached hydrogen (secondary N) is 2. The Hall–Kier alpha value is 0.0399. The normalized spacial score (nSPS) is 41.7. The molecule has 2 aliphatic rings. The van der Waals surface area contributed by atoms with E-state index in [-0.39, 0.29) is 24.9 Å². The van der Waals surface area contributed by atoms with E-state index in [0.717, 1.165) is 0 Å². The monoisotopic (exact) mass is 402 g/mol. The molecule has 0 aliphatic carbocycles. The topological polar surface area (TPSA) is 96.5 Å². The van der Waals surface area contributed by atoms with Gasteiger partial charge in [-0.15, -0.1) is 0 Å². The van der Waals surface area contributed by atoms with Crippen LogP contribution in [0.1, 0.15) is 13.3 Å². The largest absolute Gasteiger partial charge is 0.405 e. The lowest BCUT2D eigenvalue weighted by molar-refractivity contribution is 0.0218. The highest BCUT2D eigenvalue weighted by Gasteiger charge is 2.46. The van der Waals surface area contributed by atoms with Crippen molar-refractivity contribution in [3.8, 4) is 0 Å². The molecule has 152 valence electrons. The maximum atomic E-state index is 13.1. The molecule has 9 atom stereocenters. The highest BCUT2D eigenvalue weighted by atomic mass is 31.2. The van der Waals surface area contributed by atoms with Gasteiger partial charge in [0.15, 0.2) is 0 Å². The van der Waals surface area contributed by atoms with Crippen molar-refractivity contribution in [3.63, 3.8) is 0 Å². The van der Waals surface area contributed by atoms with Crippen LogP contribution >= 0.6 is 7.75 Å². The summed E-state index contributed by atoms with van der Waals surface area (Å²) in [6.45, 7) is 1.93. The molecule has 2 aliphatic heterocycles. The number of hydrogen-bond donors (Lipinski definition) is 2. The Balaban J connectivity index is 2.03. The van der Waals surface area contributed by atoms with Gasteiger partial charge in [-0.3, -0.25) is 4.52 Å². The molecule has 4 radical (unpaired) electrons. The van der Waals surface area contributed by atoms with Crippen molar-refractivity contribution in [1.82, 2.24) is 10.4 Å². The van der Waals surface area contributed by atoms with Crippen LogP contribution in [0, 0.1) is 0 Å².